The van der Waals surface area contributed by atoms with Gasteiger partial charge >= 0.3 is 12.1 Å². The number of hydrogen-bond acceptors (Lipinski definition) is 5. The van der Waals surface area contributed by atoms with Gasteiger partial charge in [0.05, 0.1) is 12.3 Å². The molecule has 1 aliphatic heterocycles. The third-order valence-electron chi connectivity index (χ3n) is 5.10. The van der Waals surface area contributed by atoms with Gasteiger partial charge in [0, 0.05) is 0 Å². The van der Waals surface area contributed by atoms with Gasteiger partial charge in [0.15, 0.2) is 0 Å². The number of benzene rings is 1. The molecule has 0 unspecified atom stereocenters. The van der Waals surface area contributed by atoms with Crippen molar-refractivity contribution in [1.82, 2.24) is 4.90 Å². The average molecular weight is 389 g/mol. The highest BCUT2D eigenvalue weighted by Gasteiger charge is 2.44. The minimum absolute atomic E-state index is 0.0687. The molecule has 1 saturated heterocycles. The van der Waals surface area contributed by atoms with E-state index >= 15 is 0 Å². The Morgan fingerprint density at radius 1 is 1.18 bits per heavy atom. The van der Waals surface area contributed by atoms with Gasteiger partial charge in [-0.05, 0) is 38.2 Å². The monoisotopic (exact) mass is 389 g/mol. The van der Waals surface area contributed by atoms with Crippen molar-refractivity contribution in [2.75, 3.05) is 6.61 Å². The Labute approximate surface area is 167 Å². The van der Waals surface area contributed by atoms with Gasteiger partial charge in [0.25, 0.3) is 0 Å². The summed E-state index contributed by atoms with van der Waals surface area (Å²) in [5, 5.41) is 0. The first-order valence-corrected chi connectivity index (χ1v) is 9.78. The van der Waals surface area contributed by atoms with Gasteiger partial charge in [-0.15, -0.1) is 0 Å². The van der Waals surface area contributed by atoms with E-state index in [4.69, 9.17) is 9.47 Å². The molecule has 0 saturated carbocycles. The van der Waals surface area contributed by atoms with Crippen molar-refractivity contribution in [3.8, 4) is 0 Å². The number of rotatable bonds is 6. The Bertz CT molecular complexity index is 707. The Morgan fingerprint density at radius 2 is 1.79 bits per heavy atom. The second-order valence-electron chi connectivity index (χ2n) is 8.71. The first-order valence-electron chi connectivity index (χ1n) is 9.78. The van der Waals surface area contributed by atoms with Crippen LogP contribution in [0.15, 0.2) is 30.3 Å². The molecule has 1 aromatic rings. The van der Waals surface area contributed by atoms with Crippen LogP contribution >= 0.6 is 0 Å². The van der Waals surface area contributed by atoms with Gasteiger partial charge in [-0.2, -0.15) is 0 Å². The summed E-state index contributed by atoms with van der Waals surface area (Å²) in [7, 11) is 0. The third-order valence-corrected chi connectivity index (χ3v) is 5.10. The van der Waals surface area contributed by atoms with Crippen molar-refractivity contribution in [2.45, 2.75) is 59.6 Å². The van der Waals surface area contributed by atoms with Crippen LogP contribution in [0.3, 0.4) is 0 Å². The van der Waals surface area contributed by atoms with Crippen molar-refractivity contribution in [3.05, 3.63) is 35.9 Å². The Hall–Kier alpha value is -2.37. The minimum Gasteiger partial charge on any atom is -0.460 e. The molecule has 1 fully saturated rings. The van der Waals surface area contributed by atoms with Gasteiger partial charge < -0.3 is 9.47 Å². The first kappa shape index (κ1) is 21.9. The van der Waals surface area contributed by atoms with Gasteiger partial charge in [-0.3, -0.25) is 9.59 Å². The molecule has 154 valence electrons. The van der Waals surface area contributed by atoms with Crippen LogP contribution in [0.4, 0.5) is 4.79 Å². The zero-order valence-corrected chi connectivity index (χ0v) is 17.6. The standard InChI is InChI=1S/C22H31NO5/c1-14(2)15(3)17(12-19(24)28-22(4,5)6)20(25)23-18(13-27-21(23)26)16-10-8-7-9-11-16/h7-11,14-15,17-18H,12-13H2,1-6H3/t15-,17-,18+/m1/s1. The highest BCUT2D eigenvalue weighted by molar-refractivity contribution is 5.96. The summed E-state index contributed by atoms with van der Waals surface area (Å²) in [4.78, 5) is 39.4. The van der Waals surface area contributed by atoms with E-state index in [9.17, 15) is 14.4 Å². The number of esters is 1. The normalized spacial score (nSPS) is 19.3. The average Bonchev–Trinajstić information content (AvgIpc) is 2.99. The van der Waals surface area contributed by atoms with Gasteiger partial charge in [0.1, 0.15) is 18.2 Å². The maximum atomic E-state index is 13.4. The zero-order valence-electron chi connectivity index (χ0n) is 17.6. The molecule has 0 bridgehead atoms. The first-order chi connectivity index (χ1) is 13.0. The number of cyclic esters (lactones) is 1. The largest absolute Gasteiger partial charge is 0.460 e. The Morgan fingerprint density at radius 3 is 2.32 bits per heavy atom. The van der Waals surface area contributed by atoms with E-state index in [1.807, 2.05) is 51.1 Å². The highest BCUT2D eigenvalue weighted by atomic mass is 16.6. The SMILES string of the molecule is CC(C)[C@@H](C)[C@@H](CC(=O)OC(C)(C)C)C(=O)N1C(=O)OC[C@H]1c1ccccc1. The quantitative estimate of drug-likeness (QED) is 0.677. The summed E-state index contributed by atoms with van der Waals surface area (Å²) in [6.07, 6.45) is -0.732. The van der Waals surface area contributed by atoms with E-state index in [-0.39, 0.29) is 30.8 Å². The molecule has 0 aliphatic carbocycles. The number of ether oxygens (including phenoxy) is 2. The lowest BCUT2D eigenvalue weighted by molar-refractivity contribution is -0.159. The van der Waals surface area contributed by atoms with Crippen molar-refractivity contribution >= 4 is 18.0 Å². The van der Waals surface area contributed by atoms with Crippen LogP contribution in [0.1, 0.15) is 59.6 Å². The molecular formula is C22H31NO5. The molecule has 0 spiro atoms. The molecule has 0 aromatic heterocycles. The number of nitrogens with zero attached hydrogens (tertiary/aromatic N) is 1. The summed E-state index contributed by atoms with van der Waals surface area (Å²) in [5.41, 5.74) is 0.195. The van der Waals surface area contributed by atoms with E-state index in [1.54, 1.807) is 20.8 Å². The fraction of sp³-hybridized carbons (Fsp3) is 0.591. The second kappa shape index (κ2) is 8.76. The molecule has 2 rings (SSSR count). The Kier molecular flexibility index (Phi) is 6.86. The van der Waals surface area contributed by atoms with Crippen LogP contribution in [0, 0.1) is 17.8 Å². The summed E-state index contributed by atoms with van der Waals surface area (Å²) in [6, 6.07) is 8.83. The maximum absolute atomic E-state index is 13.4. The van der Waals surface area contributed by atoms with Gasteiger partial charge in [-0.25, -0.2) is 9.69 Å². The molecular weight excluding hydrogens is 358 g/mol. The van der Waals surface area contributed by atoms with Crippen molar-refractivity contribution in [1.29, 1.82) is 0 Å². The topological polar surface area (TPSA) is 72.9 Å². The van der Waals surface area contributed by atoms with Crippen LogP contribution < -0.4 is 0 Å². The predicted molar refractivity (Wildman–Crippen MR) is 105 cm³/mol. The molecule has 3 atom stereocenters. The molecule has 0 radical (unpaired) electrons. The van der Waals surface area contributed by atoms with E-state index in [1.165, 1.54) is 4.90 Å². The van der Waals surface area contributed by atoms with E-state index < -0.39 is 29.6 Å². The Balaban J connectivity index is 2.29. The smallest absolute Gasteiger partial charge is 0.417 e. The summed E-state index contributed by atoms with van der Waals surface area (Å²) < 4.78 is 10.6. The molecule has 1 aliphatic rings. The molecule has 6 nitrogen and oxygen atoms in total. The third kappa shape index (κ3) is 5.33. The van der Waals surface area contributed by atoms with Crippen LogP contribution in [-0.4, -0.2) is 35.1 Å². The minimum atomic E-state index is -0.663. The highest BCUT2D eigenvalue weighted by Crippen LogP contribution is 2.34. The molecule has 28 heavy (non-hydrogen) atoms. The van der Waals surface area contributed by atoms with E-state index in [0.717, 1.165) is 5.56 Å². The van der Waals surface area contributed by atoms with Crippen molar-refractivity contribution in [3.63, 3.8) is 0 Å². The number of hydrogen-bond donors (Lipinski definition) is 0. The van der Waals surface area contributed by atoms with Crippen molar-refractivity contribution < 1.29 is 23.9 Å². The van der Waals surface area contributed by atoms with Gasteiger partial charge in [-0.1, -0.05) is 51.1 Å². The lowest BCUT2D eigenvalue weighted by atomic mass is 9.81. The zero-order chi connectivity index (χ0) is 21.1. The lowest BCUT2D eigenvalue weighted by Gasteiger charge is -2.31. The number of imide groups is 1. The fourth-order valence-corrected chi connectivity index (χ4v) is 3.29. The van der Waals surface area contributed by atoms with Crippen LogP contribution in [0.5, 0.6) is 0 Å². The molecule has 2 amide bonds. The van der Waals surface area contributed by atoms with Crippen LogP contribution in [0.25, 0.3) is 0 Å². The molecule has 6 heteroatoms. The number of carbonyl (C=O) groups is 3. The molecule has 1 heterocycles. The van der Waals surface area contributed by atoms with E-state index in [2.05, 4.69) is 0 Å². The van der Waals surface area contributed by atoms with Gasteiger partial charge in [0.2, 0.25) is 5.91 Å². The maximum Gasteiger partial charge on any atom is 0.417 e. The molecule has 0 N–H and O–H groups in total. The van der Waals surface area contributed by atoms with Crippen molar-refractivity contribution in [2.24, 2.45) is 17.8 Å². The molecule has 1 aromatic carbocycles. The van der Waals surface area contributed by atoms with Crippen LogP contribution in [0.2, 0.25) is 0 Å². The van der Waals surface area contributed by atoms with E-state index in [0.29, 0.717) is 0 Å². The predicted octanol–water partition coefficient (Wildman–Crippen LogP) is 4.35. The summed E-state index contributed by atoms with van der Waals surface area (Å²) in [6.45, 7) is 11.4. The fourth-order valence-electron chi connectivity index (χ4n) is 3.29. The lowest BCUT2D eigenvalue weighted by Crippen LogP contribution is -2.43. The number of amides is 2. The summed E-state index contributed by atoms with van der Waals surface area (Å²) in [5.74, 6) is -1.44. The van der Waals surface area contributed by atoms with Crippen LogP contribution in [-0.2, 0) is 19.1 Å². The summed E-state index contributed by atoms with van der Waals surface area (Å²) >= 11 is 0. The second-order valence-corrected chi connectivity index (χ2v) is 8.71. The number of carbonyl (C=O) groups excluding carboxylic acids is 3.